The summed E-state index contributed by atoms with van der Waals surface area (Å²) in [5.41, 5.74) is 3.05. The van der Waals surface area contributed by atoms with Crippen molar-refractivity contribution in [3.63, 3.8) is 0 Å². The Balaban J connectivity index is 1.97. The Morgan fingerprint density at radius 2 is 2.19 bits per heavy atom. The van der Waals surface area contributed by atoms with Crippen molar-refractivity contribution in [2.75, 3.05) is 14.2 Å². The minimum Gasteiger partial charge on any atom is -0.380 e. The van der Waals surface area contributed by atoms with Crippen molar-refractivity contribution >= 4 is 0 Å². The van der Waals surface area contributed by atoms with Crippen molar-refractivity contribution in [3.05, 3.63) is 35.4 Å². The molecule has 88 valence electrons. The number of benzene rings is 1. The Hall–Kier alpha value is -0.860. The van der Waals surface area contributed by atoms with Gasteiger partial charge in [-0.25, -0.2) is 0 Å². The van der Waals surface area contributed by atoms with Gasteiger partial charge in [-0.3, -0.25) is 0 Å². The maximum Gasteiger partial charge on any atom is 0.0696 e. The van der Waals surface area contributed by atoms with E-state index in [0.717, 1.165) is 0 Å². The highest BCUT2D eigenvalue weighted by Crippen LogP contribution is 2.38. The van der Waals surface area contributed by atoms with E-state index in [1.54, 1.807) is 7.11 Å². The first-order valence-electron chi connectivity index (χ1n) is 6.04. The zero-order chi connectivity index (χ0) is 11.5. The van der Waals surface area contributed by atoms with Crippen LogP contribution in [-0.4, -0.2) is 26.3 Å². The number of methoxy groups -OCH3 is 1. The summed E-state index contributed by atoms with van der Waals surface area (Å²) < 4.78 is 5.40. The quantitative estimate of drug-likeness (QED) is 0.820. The fraction of sp³-hybridized carbons (Fsp3) is 0.571. The van der Waals surface area contributed by atoms with E-state index in [-0.39, 0.29) is 6.10 Å². The van der Waals surface area contributed by atoms with Crippen LogP contribution in [0.3, 0.4) is 0 Å². The van der Waals surface area contributed by atoms with Gasteiger partial charge in [-0.2, -0.15) is 0 Å². The van der Waals surface area contributed by atoms with E-state index < -0.39 is 0 Å². The molecule has 0 saturated carbocycles. The molecule has 0 saturated heterocycles. The Kier molecular flexibility index (Phi) is 3.62. The molecule has 0 aromatic heterocycles. The third-order valence-corrected chi connectivity index (χ3v) is 3.81. The summed E-state index contributed by atoms with van der Waals surface area (Å²) in [6, 6.07) is 9.21. The van der Waals surface area contributed by atoms with Gasteiger partial charge in [-0.15, -0.1) is 0 Å². The van der Waals surface area contributed by atoms with E-state index in [9.17, 15) is 0 Å². The molecule has 1 aromatic carbocycles. The van der Waals surface area contributed by atoms with Crippen LogP contribution in [0.1, 0.15) is 30.4 Å². The van der Waals surface area contributed by atoms with Gasteiger partial charge < -0.3 is 10.1 Å². The summed E-state index contributed by atoms with van der Waals surface area (Å²) in [6.07, 6.45) is 2.67. The molecule has 0 spiro atoms. The van der Waals surface area contributed by atoms with E-state index >= 15 is 0 Å². The summed E-state index contributed by atoms with van der Waals surface area (Å²) in [6.45, 7) is 2.13. The smallest absolute Gasteiger partial charge is 0.0696 e. The Bertz CT molecular complexity index is 350. The standard InChI is InChI=1S/C14H21NO/c1-10(16-3)14(15-2)9-12-8-11-6-4-5-7-13(11)12/h4-7,10,12,14-15H,8-9H2,1-3H3. The molecule has 2 nitrogen and oxygen atoms in total. The van der Waals surface area contributed by atoms with Crippen LogP contribution in [0.4, 0.5) is 0 Å². The molecule has 1 aromatic rings. The molecule has 1 aliphatic carbocycles. The molecule has 0 heterocycles. The third kappa shape index (κ3) is 2.13. The van der Waals surface area contributed by atoms with Crippen molar-refractivity contribution in [2.45, 2.75) is 37.8 Å². The lowest BCUT2D eigenvalue weighted by atomic mass is 9.74. The van der Waals surface area contributed by atoms with Crippen LogP contribution in [0.15, 0.2) is 24.3 Å². The molecule has 1 aliphatic rings. The number of likely N-dealkylation sites (N-methyl/N-ethyl adjacent to an activating group) is 1. The molecule has 0 radical (unpaired) electrons. The number of hydrogen-bond acceptors (Lipinski definition) is 2. The molecule has 16 heavy (non-hydrogen) atoms. The molecular weight excluding hydrogens is 198 g/mol. The molecule has 0 fully saturated rings. The minimum absolute atomic E-state index is 0.276. The van der Waals surface area contributed by atoms with Crippen molar-refractivity contribution in [2.24, 2.45) is 0 Å². The number of nitrogens with one attached hydrogen (secondary N) is 1. The Labute approximate surface area is 98.0 Å². The summed E-state index contributed by atoms with van der Waals surface area (Å²) in [7, 11) is 3.80. The van der Waals surface area contributed by atoms with Crippen LogP contribution >= 0.6 is 0 Å². The van der Waals surface area contributed by atoms with Gasteiger partial charge in [0.05, 0.1) is 6.10 Å². The fourth-order valence-electron chi connectivity index (χ4n) is 2.59. The van der Waals surface area contributed by atoms with Gasteiger partial charge >= 0.3 is 0 Å². The highest BCUT2D eigenvalue weighted by molar-refractivity contribution is 5.39. The van der Waals surface area contributed by atoms with Crippen LogP contribution in [0.2, 0.25) is 0 Å². The van der Waals surface area contributed by atoms with Crippen LogP contribution in [0, 0.1) is 0 Å². The lowest BCUT2D eigenvalue weighted by molar-refractivity contribution is 0.0793. The molecule has 2 rings (SSSR count). The van der Waals surface area contributed by atoms with Gasteiger partial charge in [-0.1, -0.05) is 24.3 Å². The van der Waals surface area contributed by atoms with E-state index in [4.69, 9.17) is 4.74 Å². The van der Waals surface area contributed by atoms with Gasteiger partial charge in [0, 0.05) is 13.2 Å². The summed E-state index contributed by atoms with van der Waals surface area (Å²) in [5.74, 6) is 0.714. The van der Waals surface area contributed by atoms with Crippen LogP contribution in [-0.2, 0) is 11.2 Å². The molecule has 0 aliphatic heterocycles. The van der Waals surface area contributed by atoms with Crippen molar-refractivity contribution in [1.82, 2.24) is 5.32 Å². The van der Waals surface area contributed by atoms with E-state index in [0.29, 0.717) is 12.0 Å². The minimum atomic E-state index is 0.276. The SMILES string of the molecule is CNC(CC1Cc2ccccc21)C(C)OC. The second-order valence-electron chi connectivity index (χ2n) is 4.67. The predicted octanol–water partition coefficient (Wildman–Crippen LogP) is 2.34. The maximum atomic E-state index is 5.40. The van der Waals surface area contributed by atoms with Crippen LogP contribution < -0.4 is 5.32 Å². The van der Waals surface area contributed by atoms with Crippen LogP contribution in [0.5, 0.6) is 0 Å². The summed E-state index contributed by atoms with van der Waals surface area (Å²) >= 11 is 0. The fourth-order valence-corrected chi connectivity index (χ4v) is 2.59. The van der Waals surface area contributed by atoms with E-state index in [2.05, 4.69) is 36.5 Å². The van der Waals surface area contributed by atoms with Crippen LogP contribution in [0.25, 0.3) is 0 Å². The molecule has 0 amide bonds. The molecule has 0 bridgehead atoms. The van der Waals surface area contributed by atoms with Gasteiger partial charge in [0.2, 0.25) is 0 Å². The molecule has 2 heteroatoms. The summed E-state index contributed by atoms with van der Waals surface area (Å²) in [4.78, 5) is 0. The second kappa shape index (κ2) is 4.98. The maximum absolute atomic E-state index is 5.40. The zero-order valence-corrected chi connectivity index (χ0v) is 10.4. The monoisotopic (exact) mass is 219 g/mol. The number of ether oxygens (including phenoxy) is 1. The Morgan fingerprint density at radius 3 is 2.81 bits per heavy atom. The first kappa shape index (κ1) is 11.6. The third-order valence-electron chi connectivity index (χ3n) is 3.81. The van der Waals surface area contributed by atoms with Crippen molar-refractivity contribution in [1.29, 1.82) is 0 Å². The Morgan fingerprint density at radius 1 is 1.44 bits per heavy atom. The van der Waals surface area contributed by atoms with E-state index in [1.807, 2.05) is 7.05 Å². The number of fused-ring (bicyclic) bond motifs is 1. The predicted molar refractivity (Wildman–Crippen MR) is 66.8 cm³/mol. The largest absolute Gasteiger partial charge is 0.380 e. The van der Waals surface area contributed by atoms with E-state index in [1.165, 1.54) is 24.0 Å². The average Bonchev–Trinajstić information content (AvgIpc) is 2.30. The second-order valence-corrected chi connectivity index (χ2v) is 4.67. The number of rotatable bonds is 5. The lowest BCUT2D eigenvalue weighted by Crippen LogP contribution is -2.39. The molecule has 3 unspecified atom stereocenters. The van der Waals surface area contributed by atoms with Crippen molar-refractivity contribution < 1.29 is 4.74 Å². The first-order chi connectivity index (χ1) is 7.76. The number of hydrogen-bond donors (Lipinski definition) is 1. The summed E-state index contributed by atoms with van der Waals surface area (Å²) in [5, 5.41) is 3.36. The van der Waals surface area contributed by atoms with Gasteiger partial charge in [0.15, 0.2) is 0 Å². The molecule has 3 atom stereocenters. The van der Waals surface area contributed by atoms with Crippen molar-refractivity contribution in [3.8, 4) is 0 Å². The first-order valence-corrected chi connectivity index (χ1v) is 6.04. The highest BCUT2D eigenvalue weighted by Gasteiger charge is 2.29. The van der Waals surface area contributed by atoms with Gasteiger partial charge in [0.1, 0.15) is 0 Å². The molecular formula is C14H21NO. The van der Waals surface area contributed by atoms with Gasteiger partial charge in [-0.05, 0) is 43.9 Å². The van der Waals surface area contributed by atoms with Gasteiger partial charge in [0.25, 0.3) is 0 Å². The average molecular weight is 219 g/mol. The zero-order valence-electron chi connectivity index (χ0n) is 10.4. The molecule has 1 N–H and O–H groups in total. The topological polar surface area (TPSA) is 21.3 Å². The lowest BCUT2D eigenvalue weighted by Gasteiger charge is -2.34. The normalized spacial score (nSPS) is 22.1. The highest BCUT2D eigenvalue weighted by atomic mass is 16.5.